The van der Waals surface area contributed by atoms with Gasteiger partial charge in [-0.25, -0.2) is 0 Å². The van der Waals surface area contributed by atoms with Crippen LogP contribution >= 0.6 is 0 Å². The van der Waals surface area contributed by atoms with Crippen LogP contribution in [0.25, 0.3) is 0 Å². The number of ether oxygens (including phenoxy) is 1. The molecule has 1 aliphatic heterocycles. The Kier molecular flexibility index (Phi) is 4.98. The molecule has 4 nitrogen and oxygen atoms in total. The van der Waals surface area contributed by atoms with Gasteiger partial charge in [-0.05, 0) is 51.6 Å². The molecule has 4 heteroatoms. The molecule has 2 fully saturated rings. The van der Waals surface area contributed by atoms with Crippen molar-refractivity contribution in [2.24, 2.45) is 5.92 Å². The van der Waals surface area contributed by atoms with E-state index in [1.165, 1.54) is 6.42 Å². The summed E-state index contributed by atoms with van der Waals surface area (Å²) in [6, 6.07) is 8.47. The molecule has 0 bridgehead atoms. The first-order valence-electron chi connectivity index (χ1n) is 8.48. The summed E-state index contributed by atoms with van der Waals surface area (Å²) in [4.78, 5) is 12.3. The van der Waals surface area contributed by atoms with Crippen LogP contribution in [0.4, 0.5) is 0 Å². The van der Waals surface area contributed by atoms with Gasteiger partial charge in [0, 0.05) is 24.1 Å². The van der Waals surface area contributed by atoms with Gasteiger partial charge in [0.1, 0.15) is 5.75 Å². The Morgan fingerprint density at radius 3 is 2.86 bits per heavy atom. The summed E-state index contributed by atoms with van der Waals surface area (Å²) in [5.74, 6) is 1.23. The van der Waals surface area contributed by atoms with Gasteiger partial charge in [-0.15, -0.1) is 0 Å². The molecule has 0 radical (unpaired) electrons. The summed E-state index contributed by atoms with van der Waals surface area (Å²) in [7, 11) is 0. The maximum absolute atomic E-state index is 12.3. The quantitative estimate of drug-likeness (QED) is 0.879. The molecule has 1 saturated heterocycles. The van der Waals surface area contributed by atoms with Gasteiger partial charge in [0.25, 0.3) is 0 Å². The summed E-state index contributed by atoms with van der Waals surface area (Å²) in [5.41, 5.74) is 1.07. The van der Waals surface area contributed by atoms with E-state index in [2.05, 4.69) is 17.6 Å². The van der Waals surface area contributed by atoms with Crippen molar-refractivity contribution in [1.29, 1.82) is 0 Å². The number of piperidine rings is 1. The molecular weight excluding hydrogens is 276 g/mol. The molecule has 120 valence electrons. The first-order valence-corrected chi connectivity index (χ1v) is 8.48. The minimum atomic E-state index is 0.135. The van der Waals surface area contributed by atoms with Crippen molar-refractivity contribution in [3.63, 3.8) is 0 Å². The van der Waals surface area contributed by atoms with Gasteiger partial charge in [-0.3, -0.25) is 4.79 Å². The number of benzene rings is 1. The first-order chi connectivity index (χ1) is 10.7. The van der Waals surface area contributed by atoms with Gasteiger partial charge in [0.2, 0.25) is 5.91 Å². The van der Waals surface area contributed by atoms with Gasteiger partial charge in [0.15, 0.2) is 0 Å². The normalized spacial score (nSPS) is 25.3. The molecule has 2 atom stereocenters. The number of hydrogen-bond donors (Lipinski definition) is 2. The fraction of sp³-hybridized carbons (Fsp3) is 0.611. The van der Waals surface area contributed by atoms with E-state index in [1.807, 2.05) is 24.3 Å². The highest BCUT2D eigenvalue weighted by Crippen LogP contribution is 2.27. The van der Waals surface area contributed by atoms with Crippen molar-refractivity contribution in [1.82, 2.24) is 10.6 Å². The molecule has 0 spiro atoms. The molecule has 1 aliphatic carbocycles. The van der Waals surface area contributed by atoms with Crippen LogP contribution in [-0.2, 0) is 11.3 Å². The fourth-order valence-electron chi connectivity index (χ4n) is 3.13. The monoisotopic (exact) mass is 302 g/mol. The second-order valence-corrected chi connectivity index (χ2v) is 6.57. The highest BCUT2D eigenvalue weighted by molar-refractivity contribution is 5.78. The molecule has 0 aromatic heterocycles. The summed E-state index contributed by atoms with van der Waals surface area (Å²) in [6.45, 7) is 3.63. The highest BCUT2D eigenvalue weighted by Gasteiger charge is 2.25. The molecule has 1 aromatic carbocycles. The third kappa shape index (κ3) is 3.80. The minimum Gasteiger partial charge on any atom is -0.490 e. The first kappa shape index (κ1) is 15.3. The van der Waals surface area contributed by atoms with Crippen molar-refractivity contribution < 1.29 is 9.53 Å². The minimum absolute atomic E-state index is 0.135. The van der Waals surface area contributed by atoms with Gasteiger partial charge in [0.05, 0.1) is 6.10 Å². The average molecular weight is 302 g/mol. The van der Waals surface area contributed by atoms with E-state index in [-0.39, 0.29) is 11.8 Å². The van der Waals surface area contributed by atoms with Crippen molar-refractivity contribution in [3.8, 4) is 5.75 Å². The van der Waals surface area contributed by atoms with Crippen LogP contribution in [0, 0.1) is 5.92 Å². The number of amides is 1. The molecule has 1 aromatic rings. The van der Waals surface area contributed by atoms with E-state index >= 15 is 0 Å². The van der Waals surface area contributed by atoms with Crippen molar-refractivity contribution >= 4 is 5.91 Å². The van der Waals surface area contributed by atoms with Crippen LogP contribution in [-0.4, -0.2) is 24.6 Å². The highest BCUT2D eigenvalue weighted by atomic mass is 16.5. The van der Waals surface area contributed by atoms with Crippen molar-refractivity contribution in [2.75, 3.05) is 6.54 Å². The van der Waals surface area contributed by atoms with Gasteiger partial charge < -0.3 is 15.4 Å². The van der Waals surface area contributed by atoms with Crippen LogP contribution in [0.3, 0.4) is 0 Å². The number of carbonyl (C=O) groups excluding carboxylic acids is 1. The molecule has 1 saturated carbocycles. The standard InChI is InChI=1S/C18H26N2O2/c1-13-11-14(9-10-19-13)18(21)20-12-15-5-2-3-8-17(15)22-16-6-4-7-16/h2-3,5,8,13-14,16,19H,4,6-7,9-12H2,1H3,(H,20,21)/t13-,14-/m0/s1. The molecular formula is C18H26N2O2. The fourth-order valence-corrected chi connectivity index (χ4v) is 3.13. The summed E-state index contributed by atoms with van der Waals surface area (Å²) in [6.07, 6.45) is 5.77. The maximum Gasteiger partial charge on any atom is 0.223 e. The third-order valence-corrected chi connectivity index (χ3v) is 4.77. The lowest BCUT2D eigenvalue weighted by Gasteiger charge is -2.28. The lowest BCUT2D eigenvalue weighted by Crippen LogP contribution is -2.42. The second-order valence-electron chi connectivity index (χ2n) is 6.57. The molecule has 2 N–H and O–H groups in total. The van der Waals surface area contributed by atoms with Crippen molar-refractivity contribution in [2.45, 2.75) is 57.7 Å². The van der Waals surface area contributed by atoms with E-state index in [0.29, 0.717) is 18.7 Å². The zero-order valence-corrected chi connectivity index (χ0v) is 13.3. The SMILES string of the molecule is C[C@H]1C[C@@H](C(=O)NCc2ccccc2OC2CCC2)CCN1. The second kappa shape index (κ2) is 7.14. The Hall–Kier alpha value is -1.55. The summed E-state index contributed by atoms with van der Waals surface area (Å²) >= 11 is 0. The predicted octanol–water partition coefficient (Wildman–Crippen LogP) is 2.62. The molecule has 3 rings (SSSR count). The van der Waals surface area contributed by atoms with E-state index in [4.69, 9.17) is 4.74 Å². The number of carbonyl (C=O) groups is 1. The molecule has 22 heavy (non-hydrogen) atoms. The molecule has 1 amide bonds. The predicted molar refractivity (Wildman–Crippen MR) is 86.7 cm³/mol. The van der Waals surface area contributed by atoms with Crippen LogP contribution in [0.1, 0.15) is 44.6 Å². The molecule has 2 aliphatic rings. The van der Waals surface area contributed by atoms with Gasteiger partial charge in [-0.1, -0.05) is 18.2 Å². The van der Waals surface area contributed by atoms with Crippen LogP contribution in [0.2, 0.25) is 0 Å². The number of hydrogen-bond acceptors (Lipinski definition) is 3. The summed E-state index contributed by atoms with van der Waals surface area (Å²) in [5, 5.41) is 6.48. The van der Waals surface area contributed by atoms with Crippen molar-refractivity contribution in [3.05, 3.63) is 29.8 Å². The summed E-state index contributed by atoms with van der Waals surface area (Å²) < 4.78 is 6.01. The van der Waals surface area contributed by atoms with Gasteiger partial charge in [-0.2, -0.15) is 0 Å². The maximum atomic E-state index is 12.3. The van der Waals surface area contributed by atoms with E-state index < -0.39 is 0 Å². The zero-order chi connectivity index (χ0) is 15.4. The van der Waals surface area contributed by atoms with E-state index in [1.54, 1.807) is 0 Å². The Labute approximate surface area is 132 Å². The number of para-hydroxylation sites is 1. The number of rotatable bonds is 5. The lowest BCUT2D eigenvalue weighted by atomic mass is 9.92. The largest absolute Gasteiger partial charge is 0.490 e. The lowest BCUT2D eigenvalue weighted by molar-refractivity contribution is -0.126. The van der Waals surface area contributed by atoms with E-state index in [9.17, 15) is 4.79 Å². The molecule has 0 unspecified atom stereocenters. The smallest absolute Gasteiger partial charge is 0.223 e. The zero-order valence-electron chi connectivity index (χ0n) is 13.3. The Bertz CT molecular complexity index is 514. The average Bonchev–Trinajstić information content (AvgIpc) is 2.49. The third-order valence-electron chi connectivity index (χ3n) is 4.77. The van der Waals surface area contributed by atoms with Crippen LogP contribution in [0.5, 0.6) is 5.75 Å². The van der Waals surface area contributed by atoms with E-state index in [0.717, 1.165) is 43.5 Å². The number of nitrogens with one attached hydrogen (secondary N) is 2. The van der Waals surface area contributed by atoms with Crippen LogP contribution < -0.4 is 15.4 Å². The molecule has 1 heterocycles. The Morgan fingerprint density at radius 1 is 1.32 bits per heavy atom. The van der Waals surface area contributed by atoms with Gasteiger partial charge >= 0.3 is 0 Å². The topological polar surface area (TPSA) is 50.4 Å². The van der Waals surface area contributed by atoms with Crippen LogP contribution in [0.15, 0.2) is 24.3 Å². The Balaban J connectivity index is 1.55. The Morgan fingerprint density at radius 2 is 2.14 bits per heavy atom.